The number of hydrogen-bond acceptors (Lipinski definition) is 4. The van der Waals surface area contributed by atoms with Crippen LogP contribution < -0.4 is 11.1 Å². The van der Waals surface area contributed by atoms with E-state index < -0.39 is 0 Å². The van der Waals surface area contributed by atoms with E-state index in [9.17, 15) is 0 Å². The summed E-state index contributed by atoms with van der Waals surface area (Å²) in [5, 5.41) is 3.22. The van der Waals surface area contributed by atoms with Crippen molar-refractivity contribution in [2.24, 2.45) is 5.73 Å². The van der Waals surface area contributed by atoms with E-state index in [4.69, 9.17) is 5.73 Å². The van der Waals surface area contributed by atoms with Crippen molar-refractivity contribution in [3.05, 3.63) is 48.5 Å². The molecule has 0 fully saturated rings. The largest absolute Gasteiger partial charge is 0.353 e. The first-order chi connectivity index (χ1) is 7.40. The SMILES string of the molecule is NCc1ccccc1Nc1cncnc1. The molecule has 0 bridgehead atoms. The molecule has 2 rings (SSSR count). The average Bonchev–Trinajstić information content (AvgIpc) is 2.31. The minimum absolute atomic E-state index is 0.511. The summed E-state index contributed by atoms with van der Waals surface area (Å²) in [6, 6.07) is 7.90. The van der Waals surface area contributed by atoms with Crippen LogP contribution in [-0.4, -0.2) is 9.97 Å². The number of rotatable bonds is 3. The number of para-hydroxylation sites is 1. The van der Waals surface area contributed by atoms with Crippen LogP contribution in [0.25, 0.3) is 0 Å². The minimum atomic E-state index is 0.511. The van der Waals surface area contributed by atoms with Crippen molar-refractivity contribution in [2.75, 3.05) is 5.32 Å². The van der Waals surface area contributed by atoms with E-state index in [0.717, 1.165) is 16.9 Å². The van der Waals surface area contributed by atoms with Gasteiger partial charge in [-0.05, 0) is 11.6 Å². The molecule has 1 aromatic heterocycles. The third kappa shape index (κ3) is 2.30. The monoisotopic (exact) mass is 200 g/mol. The van der Waals surface area contributed by atoms with E-state index in [2.05, 4.69) is 15.3 Å². The third-order valence-electron chi connectivity index (χ3n) is 2.08. The lowest BCUT2D eigenvalue weighted by molar-refractivity contribution is 1.07. The van der Waals surface area contributed by atoms with Gasteiger partial charge in [0, 0.05) is 12.2 Å². The summed E-state index contributed by atoms with van der Waals surface area (Å²) < 4.78 is 0. The highest BCUT2D eigenvalue weighted by atomic mass is 14.9. The van der Waals surface area contributed by atoms with Crippen LogP contribution in [0.3, 0.4) is 0 Å². The Labute approximate surface area is 88.2 Å². The molecule has 1 aromatic carbocycles. The van der Waals surface area contributed by atoms with E-state index in [-0.39, 0.29) is 0 Å². The van der Waals surface area contributed by atoms with Gasteiger partial charge in [-0.25, -0.2) is 9.97 Å². The summed E-state index contributed by atoms with van der Waals surface area (Å²) in [6.07, 6.45) is 4.95. The molecule has 0 atom stereocenters. The molecule has 76 valence electrons. The van der Waals surface area contributed by atoms with Crippen molar-refractivity contribution in [2.45, 2.75) is 6.54 Å². The molecule has 0 saturated heterocycles. The van der Waals surface area contributed by atoms with E-state index in [1.54, 1.807) is 12.4 Å². The molecule has 4 nitrogen and oxygen atoms in total. The van der Waals surface area contributed by atoms with Crippen LogP contribution in [0.2, 0.25) is 0 Å². The van der Waals surface area contributed by atoms with Gasteiger partial charge in [0.15, 0.2) is 0 Å². The first-order valence-corrected chi connectivity index (χ1v) is 4.70. The van der Waals surface area contributed by atoms with Crippen molar-refractivity contribution in [1.29, 1.82) is 0 Å². The van der Waals surface area contributed by atoms with E-state index in [0.29, 0.717) is 6.54 Å². The molecule has 2 aromatic rings. The smallest absolute Gasteiger partial charge is 0.115 e. The predicted molar refractivity (Wildman–Crippen MR) is 59.6 cm³/mol. The predicted octanol–water partition coefficient (Wildman–Crippen LogP) is 1.68. The lowest BCUT2D eigenvalue weighted by Gasteiger charge is -2.09. The van der Waals surface area contributed by atoms with Crippen LogP contribution >= 0.6 is 0 Å². The van der Waals surface area contributed by atoms with Crippen molar-refractivity contribution >= 4 is 11.4 Å². The highest BCUT2D eigenvalue weighted by molar-refractivity contribution is 5.61. The summed E-state index contributed by atoms with van der Waals surface area (Å²) in [4.78, 5) is 7.86. The Morgan fingerprint density at radius 3 is 2.60 bits per heavy atom. The Kier molecular flexibility index (Phi) is 2.90. The molecular weight excluding hydrogens is 188 g/mol. The Bertz CT molecular complexity index is 428. The number of nitrogens with one attached hydrogen (secondary N) is 1. The van der Waals surface area contributed by atoms with Crippen LogP contribution in [0.15, 0.2) is 43.0 Å². The van der Waals surface area contributed by atoms with Crippen LogP contribution in [0.5, 0.6) is 0 Å². The van der Waals surface area contributed by atoms with Crippen molar-refractivity contribution in [3.8, 4) is 0 Å². The van der Waals surface area contributed by atoms with Gasteiger partial charge in [0.05, 0.1) is 18.1 Å². The highest BCUT2D eigenvalue weighted by Gasteiger charge is 1.99. The maximum absolute atomic E-state index is 5.63. The van der Waals surface area contributed by atoms with Gasteiger partial charge in [0.1, 0.15) is 6.33 Å². The Balaban J connectivity index is 2.24. The molecule has 0 aliphatic carbocycles. The Hall–Kier alpha value is -1.94. The summed E-state index contributed by atoms with van der Waals surface area (Å²) in [6.45, 7) is 0.511. The van der Waals surface area contributed by atoms with E-state index in [1.807, 2.05) is 24.3 Å². The first kappa shape index (κ1) is 9.61. The molecule has 0 unspecified atom stereocenters. The normalized spacial score (nSPS) is 9.93. The number of nitrogens with zero attached hydrogens (tertiary/aromatic N) is 2. The van der Waals surface area contributed by atoms with E-state index >= 15 is 0 Å². The number of aromatic nitrogens is 2. The van der Waals surface area contributed by atoms with E-state index in [1.165, 1.54) is 6.33 Å². The molecule has 15 heavy (non-hydrogen) atoms. The number of anilines is 2. The second-order valence-electron chi connectivity index (χ2n) is 3.11. The van der Waals surface area contributed by atoms with Crippen LogP contribution in [-0.2, 0) is 6.54 Å². The number of benzene rings is 1. The molecule has 0 aliphatic heterocycles. The molecule has 0 amide bonds. The molecule has 4 heteroatoms. The van der Waals surface area contributed by atoms with Gasteiger partial charge in [0.2, 0.25) is 0 Å². The van der Waals surface area contributed by atoms with Gasteiger partial charge < -0.3 is 11.1 Å². The fourth-order valence-corrected chi connectivity index (χ4v) is 1.34. The summed E-state index contributed by atoms with van der Waals surface area (Å²) in [5.74, 6) is 0. The zero-order chi connectivity index (χ0) is 10.5. The van der Waals surface area contributed by atoms with Crippen LogP contribution in [0, 0.1) is 0 Å². The molecule has 0 radical (unpaired) electrons. The molecule has 0 spiro atoms. The van der Waals surface area contributed by atoms with Gasteiger partial charge in [-0.3, -0.25) is 0 Å². The second kappa shape index (κ2) is 4.52. The Morgan fingerprint density at radius 1 is 1.13 bits per heavy atom. The first-order valence-electron chi connectivity index (χ1n) is 4.70. The van der Waals surface area contributed by atoms with Gasteiger partial charge in [-0.2, -0.15) is 0 Å². The summed E-state index contributed by atoms with van der Waals surface area (Å²) >= 11 is 0. The third-order valence-corrected chi connectivity index (χ3v) is 2.08. The van der Waals surface area contributed by atoms with Crippen molar-refractivity contribution in [1.82, 2.24) is 9.97 Å². The maximum Gasteiger partial charge on any atom is 0.115 e. The molecule has 3 N–H and O–H groups in total. The van der Waals surface area contributed by atoms with Crippen LogP contribution in [0.1, 0.15) is 5.56 Å². The standard InChI is InChI=1S/C11H12N4/c12-5-9-3-1-2-4-11(9)15-10-6-13-8-14-7-10/h1-4,6-8,15H,5,12H2. The summed E-state index contributed by atoms with van der Waals surface area (Å²) in [7, 11) is 0. The van der Waals surface area contributed by atoms with Gasteiger partial charge in [-0.15, -0.1) is 0 Å². The highest BCUT2D eigenvalue weighted by Crippen LogP contribution is 2.18. The summed E-state index contributed by atoms with van der Waals surface area (Å²) in [5.41, 5.74) is 8.56. The topological polar surface area (TPSA) is 63.8 Å². The van der Waals surface area contributed by atoms with Gasteiger partial charge >= 0.3 is 0 Å². The molecule has 0 aliphatic rings. The fourth-order valence-electron chi connectivity index (χ4n) is 1.34. The van der Waals surface area contributed by atoms with Crippen LogP contribution in [0.4, 0.5) is 11.4 Å². The van der Waals surface area contributed by atoms with Gasteiger partial charge in [0.25, 0.3) is 0 Å². The lowest BCUT2D eigenvalue weighted by atomic mass is 10.2. The molecule has 1 heterocycles. The second-order valence-corrected chi connectivity index (χ2v) is 3.11. The zero-order valence-electron chi connectivity index (χ0n) is 8.22. The van der Waals surface area contributed by atoms with Gasteiger partial charge in [-0.1, -0.05) is 18.2 Å². The zero-order valence-corrected chi connectivity index (χ0v) is 8.22. The maximum atomic E-state index is 5.63. The average molecular weight is 200 g/mol. The van der Waals surface area contributed by atoms with Crippen molar-refractivity contribution < 1.29 is 0 Å². The molecular formula is C11H12N4. The van der Waals surface area contributed by atoms with Crippen molar-refractivity contribution in [3.63, 3.8) is 0 Å². The Morgan fingerprint density at radius 2 is 1.87 bits per heavy atom. The molecule has 0 saturated carbocycles. The number of hydrogen-bond donors (Lipinski definition) is 2. The number of nitrogens with two attached hydrogens (primary N) is 1. The lowest BCUT2D eigenvalue weighted by Crippen LogP contribution is -2.01. The quantitative estimate of drug-likeness (QED) is 0.791. The fraction of sp³-hybridized carbons (Fsp3) is 0.0909. The minimum Gasteiger partial charge on any atom is -0.353 e.